The van der Waals surface area contributed by atoms with Crippen LogP contribution in [0, 0.1) is 5.92 Å². The number of hydrogen-bond donors (Lipinski definition) is 1. The van der Waals surface area contributed by atoms with E-state index in [0.717, 1.165) is 31.5 Å². The highest BCUT2D eigenvalue weighted by Gasteiger charge is 2.18. The van der Waals surface area contributed by atoms with Crippen molar-refractivity contribution in [1.29, 1.82) is 0 Å². The zero-order chi connectivity index (χ0) is 12.8. The smallest absolute Gasteiger partial charge is 0.193 e. The molecule has 0 aromatic heterocycles. The fourth-order valence-electron chi connectivity index (χ4n) is 2.49. The molecule has 19 heavy (non-hydrogen) atoms. The number of guanidine groups is 1. The molecule has 1 aromatic rings. The number of nitrogens with one attached hydrogen (secondary N) is 1. The summed E-state index contributed by atoms with van der Waals surface area (Å²) in [6.07, 6.45) is 2.61. The van der Waals surface area contributed by atoms with Crippen LogP contribution in [0.2, 0.25) is 0 Å². The second-order valence-corrected chi connectivity index (χ2v) is 5.08. The Kier molecular flexibility index (Phi) is 7.20. The van der Waals surface area contributed by atoms with Gasteiger partial charge in [0, 0.05) is 26.7 Å². The summed E-state index contributed by atoms with van der Waals surface area (Å²) in [7, 11) is 1.87. The van der Waals surface area contributed by atoms with Crippen molar-refractivity contribution in [2.24, 2.45) is 10.9 Å². The van der Waals surface area contributed by atoms with Crippen molar-refractivity contribution < 1.29 is 0 Å². The summed E-state index contributed by atoms with van der Waals surface area (Å²) < 4.78 is 0. The number of aliphatic imine (C=N–C) groups is 1. The summed E-state index contributed by atoms with van der Waals surface area (Å²) in [5.74, 6) is 1.81. The number of benzene rings is 1. The summed E-state index contributed by atoms with van der Waals surface area (Å²) in [6, 6.07) is 10.5. The molecule has 1 aromatic carbocycles. The highest BCUT2D eigenvalue weighted by Crippen LogP contribution is 2.15. The van der Waals surface area contributed by atoms with Crippen molar-refractivity contribution in [1.82, 2.24) is 10.2 Å². The lowest BCUT2D eigenvalue weighted by Gasteiger charge is -2.33. The van der Waals surface area contributed by atoms with Gasteiger partial charge in [0.05, 0.1) is 0 Å². The number of rotatable bonds is 2. The first kappa shape index (κ1) is 16.3. The van der Waals surface area contributed by atoms with E-state index in [0.29, 0.717) is 0 Å². The van der Waals surface area contributed by atoms with E-state index in [2.05, 4.69) is 46.4 Å². The van der Waals surface area contributed by atoms with Gasteiger partial charge < -0.3 is 10.2 Å². The topological polar surface area (TPSA) is 27.6 Å². The third-order valence-corrected chi connectivity index (χ3v) is 3.46. The van der Waals surface area contributed by atoms with Crippen molar-refractivity contribution in [3.63, 3.8) is 0 Å². The molecular formula is C15H24IN3. The van der Waals surface area contributed by atoms with Crippen LogP contribution in [0.1, 0.15) is 25.3 Å². The zero-order valence-corrected chi connectivity index (χ0v) is 14.1. The van der Waals surface area contributed by atoms with Crippen LogP contribution < -0.4 is 5.32 Å². The number of likely N-dealkylation sites (tertiary alicyclic amines) is 1. The van der Waals surface area contributed by atoms with Gasteiger partial charge in [0.15, 0.2) is 5.96 Å². The second kappa shape index (κ2) is 8.40. The molecule has 4 heteroatoms. The van der Waals surface area contributed by atoms with Crippen LogP contribution in [0.25, 0.3) is 0 Å². The van der Waals surface area contributed by atoms with E-state index < -0.39 is 0 Å². The molecule has 1 aliphatic heterocycles. The largest absolute Gasteiger partial charge is 0.352 e. The fraction of sp³-hybridized carbons (Fsp3) is 0.533. The predicted octanol–water partition coefficient (Wildman–Crippen LogP) is 3.11. The Labute approximate surface area is 133 Å². The van der Waals surface area contributed by atoms with E-state index in [1.807, 2.05) is 13.1 Å². The van der Waals surface area contributed by atoms with Crippen molar-refractivity contribution in [2.75, 3.05) is 20.1 Å². The Morgan fingerprint density at radius 3 is 2.74 bits per heavy atom. The van der Waals surface area contributed by atoms with Gasteiger partial charge in [-0.3, -0.25) is 4.99 Å². The van der Waals surface area contributed by atoms with Gasteiger partial charge in [-0.05, 0) is 24.3 Å². The fourth-order valence-corrected chi connectivity index (χ4v) is 2.49. The maximum atomic E-state index is 4.39. The maximum absolute atomic E-state index is 4.39. The minimum atomic E-state index is 0. The van der Waals surface area contributed by atoms with E-state index in [4.69, 9.17) is 0 Å². The zero-order valence-electron chi connectivity index (χ0n) is 11.8. The molecule has 1 atom stereocenters. The number of nitrogens with zero attached hydrogens (tertiary/aromatic N) is 2. The van der Waals surface area contributed by atoms with Crippen molar-refractivity contribution in [3.05, 3.63) is 35.9 Å². The summed E-state index contributed by atoms with van der Waals surface area (Å²) in [5, 5.41) is 3.45. The predicted molar refractivity (Wildman–Crippen MR) is 92.0 cm³/mol. The van der Waals surface area contributed by atoms with Crippen LogP contribution in [0.15, 0.2) is 35.3 Å². The third-order valence-electron chi connectivity index (χ3n) is 3.46. The van der Waals surface area contributed by atoms with Gasteiger partial charge in [-0.15, -0.1) is 24.0 Å². The van der Waals surface area contributed by atoms with Crippen molar-refractivity contribution in [2.45, 2.75) is 26.3 Å². The minimum Gasteiger partial charge on any atom is -0.352 e. The van der Waals surface area contributed by atoms with E-state index in [9.17, 15) is 0 Å². The molecule has 3 nitrogen and oxygen atoms in total. The van der Waals surface area contributed by atoms with Crippen molar-refractivity contribution in [3.8, 4) is 0 Å². The molecule has 1 aliphatic rings. The molecule has 1 heterocycles. The van der Waals surface area contributed by atoms with Gasteiger partial charge in [-0.25, -0.2) is 0 Å². The van der Waals surface area contributed by atoms with Gasteiger partial charge in [0.25, 0.3) is 0 Å². The molecule has 1 saturated heterocycles. The Morgan fingerprint density at radius 1 is 1.37 bits per heavy atom. The van der Waals surface area contributed by atoms with Crippen LogP contribution in [-0.2, 0) is 6.54 Å². The second-order valence-electron chi connectivity index (χ2n) is 5.08. The number of piperidine rings is 1. The summed E-state index contributed by atoms with van der Waals surface area (Å²) in [4.78, 5) is 6.76. The first-order valence-corrected chi connectivity index (χ1v) is 6.79. The van der Waals surface area contributed by atoms with Gasteiger partial charge in [-0.1, -0.05) is 37.3 Å². The Hall–Kier alpha value is -0.780. The molecule has 0 amide bonds. The average Bonchev–Trinajstić information content (AvgIpc) is 2.41. The molecule has 106 valence electrons. The molecule has 1 N–H and O–H groups in total. The van der Waals surface area contributed by atoms with Gasteiger partial charge in [0.1, 0.15) is 0 Å². The Bertz CT molecular complexity index is 392. The average molecular weight is 373 g/mol. The first-order valence-electron chi connectivity index (χ1n) is 6.79. The van der Waals surface area contributed by atoms with Gasteiger partial charge in [0.2, 0.25) is 0 Å². The van der Waals surface area contributed by atoms with E-state index in [1.165, 1.54) is 18.4 Å². The molecule has 0 aliphatic carbocycles. The summed E-state index contributed by atoms with van der Waals surface area (Å²) >= 11 is 0. The van der Waals surface area contributed by atoms with E-state index in [1.54, 1.807) is 0 Å². The van der Waals surface area contributed by atoms with Gasteiger partial charge in [-0.2, -0.15) is 0 Å². The quantitative estimate of drug-likeness (QED) is 0.490. The Balaban J connectivity index is 0.00000180. The molecule has 0 saturated carbocycles. The SMILES string of the molecule is CN=C(NCc1ccccc1)N1CCCC(C)C1.I. The molecule has 0 radical (unpaired) electrons. The molecular weight excluding hydrogens is 349 g/mol. The van der Waals surface area contributed by atoms with Crippen LogP contribution >= 0.6 is 24.0 Å². The highest BCUT2D eigenvalue weighted by atomic mass is 127. The molecule has 1 unspecified atom stereocenters. The van der Waals surface area contributed by atoms with Crippen LogP contribution in [0.5, 0.6) is 0 Å². The standard InChI is InChI=1S/C15H23N3.HI/c1-13-7-6-10-18(12-13)15(16-2)17-11-14-8-4-3-5-9-14;/h3-5,8-9,13H,6-7,10-12H2,1-2H3,(H,16,17);1H. The summed E-state index contributed by atoms with van der Waals surface area (Å²) in [5.41, 5.74) is 1.30. The van der Waals surface area contributed by atoms with Crippen LogP contribution in [0.4, 0.5) is 0 Å². The van der Waals surface area contributed by atoms with E-state index in [-0.39, 0.29) is 24.0 Å². The lowest BCUT2D eigenvalue weighted by atomic mass is 10.0. The normalized spacial score (nSPS) is 19.8. The van der Waals surface area contributed by atoms with Crippen LogP contribution in [-0.4, -0.2) is 31.0 Å². The van der Waals surface area contributed by atoms with Crippen molar-refractivity contribution >= 4 is 29.9 Å². The van der Waals surface area contributed by atoms with Gasteiger partial charge >= 0.3 is 0 Å². The molecule has 1 fully saturated rings. The van der Waals surface area contributed by atoms with E-state index >= 15 is 0 Å². The lowest BCUT2D eigenvalue weighted by molar-refractivity contribution is 0.266. The summed E-state index contributed by atoms with van der Waals surface area (Å²) in [6.45, 7) is 5.41. The molecule has 0 bridgehead atoms. The maximum Gasteiger partial charge on any atom is 0.193 e. The molecule has 2 rings (SSSR count). The highest BCUT2D eigenvalue weighted by molar-refractivity contribution is 14.0. The monoisotopic (exact) mass is 373 g/mol. The third kappa shape index (κ3) is 5.01. The number of halogens is 1. The Morgan fingerprint density at radius 2 is 2.11 bits per heavy atom. The number of hydrogen-bond acceptors (Lipinski definition) is 1. The molecule has 0 spiro atoms. The minimum absolute atomic E-state index is 0. The van der Waals surface area contributed by atoms with Crippen LogP contribution in [0.3, 0.4) is 0 Å². The lowest BCUT2D eigenvalue weighted by Crippen LogP contribution is -2.45. The first-order chi connectivity index (χ1) is 8.79.